The van der Waals surface area contributed by atoms with Gasteiger partial charge in [-0.2, -0.15) is 0 Å². The number of rotatable bonds is 15. The lowest BCUT2D eigenvalue weighted by atomic mass is 10.0. The van der Waals surface area contributed by atoms with E-state index >= 15 is 0 Å². The Morgan fingerprint density at radius 3 is 1.21 bits per heavy atom. The van der Waals surface area contributed by atoms with Crippen molar-refractivity contribution in [2.45, 2.75) is 69.2 Å². The fraction of sp³-hybridized carbons (Fsp3) is 0.169. The Bertz CT molecular complexity index is 4230. The Morgan fingerprint density at radius 2 is 0.824 bits per heavy atom. The van der Waals surface area contributed by atoms with Gasteiger partial charge in [0, 0.05) is 63.2 Å². The fourth-order valence-corrected chi connectivity index (χ4v) is 9.89. The van der Waals surface area contributed by atoms with E-state index in [1.165, 1.54) is 58.2 Å². The van der Waals surface area contributed by atoms with Crippen molar-refractivity contribution in [3.8, 4) is 45.0 Å². The summed E-state index contributed by atoms with van der Waals surface area (Å²) >= 11 is 6.72. The minimum absolute atomic E-state index is 0.285. The van der Waals surface area contributed by atoms with Gasteiger partial charge in [-0.25, -0.2) is 39.5 Å². The molecule has 10 aromatic rings. The first-order valence-electron chi connectivity index (χ1n) is 28.6. The zero-order chi connectivity index (χ0) is 65.4. The Hall–Kier alpha value is -10.3. The molecule has 10 rings (SSSR count). The van der Waals surface area contributed by atoms with Gasteiger partial charge in [-0.3, -0.25) is 34.7 Å². The van der Waals surface area contributed by atoms with Gasteiger partial charge in [0.05, 0.1) is 126 Å². The third kappa shape index (κ3) is 21.8. The first-order valence-corrected chi connectivity index (χ1v) is 30.2. The van der Waals surface area contributed by atoms with Crippen molar-refractivity contribution in [3.05, 3.63) is 249 Å². The van der Waals surface area contributed by atoms with Crippen molar-refractivity contribution >= 4 is 84.1 Å². The zero-order valence-electron chi connectivity index (χ0n) is 52.1. The van der Waals surface area contributed by atoms with Gasteiger partial charge in [0.1, 0.15) is 10.8 Å². The van der Waals surface area contributed by atoms with Crippen molar-refractivity contribution in [1.29, 1.82) is 0 Å². The summed E-state index contributed by atoms with van der Waals surface area (Å²) < 4.78 is 10.9. The minimum Gasteiger partial charge on any atom is -0.463 e. The van der Waals surface area contributed by atoms with Crippen molar-refractivity contribution in [3.63, 3.8) is 0 Å². The number of esters is 2. The molecule has 0 bridgehead atoms. The summed E-state index contributed by atoms with van der Waals surface area (Å²) in [7, 11) is 0. The van der Waals surface area contributed by atoms with E-state index < -0.39 is 11.9 Å². The number of carbonyl (C=O) groups is 3. The SMILES string of the molecule is CCOC(=O)/C(Br)=C/c1cncc(-c2cc(C)cc(C)c2)n1.CCOC(=O)/C=C/c1cncc(-c2cc(C)cc(C)c2)n1.Cc1cc(C)cc(-c2cncc(/C=C(\Br)c3cnccn3)n2)c1.Cc1cc(C)cc(-c2cncc(/C=C(\C(N)=O)c3cncnc3)n2)c1. The van der Waals surface area contributed by atoms with Crippen LogP contribution in [0.4, 0.5) is 0 Å². The van der Waals surface area contributed by atoms with Crippen molar-refractivity contribution < 1.29 is 23.9 Å². The lowest BCUT2D eigenvalue weighted by molar-refractivity contribution is -0.138. The lowest BCUT2D eigenvalue weighted by Crippen LogP contribution is -2.13. The van der Waals surface area contributed by atoms with Crippen LogP contribution in [0.2, 0.25) is 0 Å². The highest BCUT2D eigenvalue weighted by Crippen LogP contribution is 2.27. The quantitative estimate of drug-likeness (QED) is 0.0740. The molecule has 6 aromatic heterocycles. The molecule has 0 aliphatic rings. The monoisotopic (exact) mass is 1340 g/mol. The minimum atomic E-state index is -0.576. The second-order valence-electron chi connectivity index (χ2n) is 20.8. The molecule has 0 atom stereocenters. The lowest BCUT2D eigenvalue weighted by Gasteiger charge is -2.06. The second-order valence-corrected chi connectivity index (χ2v) is 22.5. The summed E-state index contributed by atoms with van der Waals surface area (Å²) in [6.45, 7) is 20.6. The summed E-state index contributed by atoms with van der Waals surface area (Å²) in [4.78, 5) is 86.1. The van der Waals surface area contributed by atoms with Crippen molar-refractivity contribution in [2.75, 3.05) is 13.2 Å². The smallest absolute Gasteiger partial charge is 0.345 e. The zero-order valence-corrected chi connectivity index (χ0v) is 55.2. The number of primary amides is 1. The number of amides is 1. The maximum atomic E-state index is 11.8. The summed E-state index contributed by atoms with van der Waals surface area (Å²) in [5.74, 6) is -1.37. The number of hydrogen-bond donors (Lipinski definition) is 1. The van der Waals surface area contributed by atoms with E-state index in [1.807, 2.05) is 45.9 Å². The molecule has 0 saturated heterocycles. The number of nitrogens with two attached hydrogens (primary N) is 1. The molecule has 0 fully saturated rings. The molecule has 460 valence electrons. The van der Waals surface area contributed by atoms with Gasteiger partial charge in [0.25, 0.3) is 0 Å². The van der Waals surface area contributed by atoms with Crippen LogP contribution < -0.4 is 5.73 Å². The van der Waals surface area contributed by atoms with E-state index in [2.05, 4.69) is 180 Å². The van der Waals surface area contributed by atoms with Gasteiger partial charge >= 0.3 is 11.9 Å². The normalized spacial score (nSPS) is 11.3. The molecular formula is C71H67Br2N13O5. The Morgan fingerprint density at radius 1 is 0.440 bits per heavy atom. The summed E-state index contributed by atoms with van der Waals surface area (Å²) in [6, 6.07) is 25.0. The summed E-state index contributed by atoms with van der Waals surface area (Å²) in [6.07, 6.45) is 30.9. The van der Waals surface area contributed by atoms with E-state index in [4.69, 9.17) is 15.2 Å². The van der Waals surface area contributed by atoms with Gasteiger partial charge in [0.15, 0.2) is 0 Å². The number of carbonyl (C=O) groups excluding carboxylic acids is 3. The predicted molar refractivity (Wildman–Crippen MR) is 365 cm³/mol. The van der Waals surface area contributed by atoms with Crippen LogP contribution in [0.3, 0.4) is 0 Å². The molecule has 4 aromatic carbocycles. The standard InChI is InChI=1S/C19H17N5O.C18H15BrN4.C17H17BrN2O2.C17H18N2O2/c1-12-3-13(2)5-14(4-12)18-10-21-9-16(24-18)6-17(19(20)25)15-7-22-11-23-8-15;1-12-5-13(2)7-14(6-12)17-10-21-9-15(23-17)8-16(19)18-11-20-3-4-22-18;1-4-22-17(21)15(18)8-14-9-19-10-16(20-14)13-6-11(2)5-12(3)7-13;1-4-21-17(20)6-5-15-10-18-11-16(19-15)14-8-12(2)7-13(3)9-14/h3-11H,1-2H3,(H2,20,25);3-11H,1-2H3;5-10H,4H2,1-3H3;5-11H,4H2,1-3H3/b17-6-;16-8-;15-8-;6-5+. The molecule has 1 amide bonds. The average molecular weight is 1340 g/mol. The maximum Gasteiger partial charge on any atom is 0.345 e. The van der Waals surface area contributed by atoms with Crippen LogP contribution in [0, 0.1) is 55.4 Å². The van der Waals surface area contributed by atoms with E-state index in [1.54, 1.807) is 100 Å². The first-order chi connectivity index (χ1) is 43.7. The number of ether oxygens (including phenoxy) is 2. The van der Waals surface area contributed by atoms with E-state index in [0.717, 1.165) is 72.0 Å². The molecule has 91 heavy (non-hydrogen) atoms. The van der Waals surface area contributed by atoms with Crippen LogP contribution >= 0.6 is 31.9 Å². The molecule has 20 heteroatoms. The highest BCUT2D eigenvalue weighted by Gasteiger charge is 2.13. The highest BCUT2D eigenvalue weighted by atomic mass is 79.9. The molecule has 6 heterocycles. The number of nitrogens with zero attached hydrogens (tertiary/aromatic N) is 12. The molecule has 0 spiro atoms. The third-order valence-electron chi connectivity index (χ3n) is 12.6. The summed E-state index contributed by atoms with van der Waals surface area (Å²) in [5, 5.41) is 0. The molecule has 0 aliphatic heterocycles. The van der Waals surface area contributed by atoms with Crippen LogP contribution in [-0.4, -0.2) is 90.9 Å². The number of benzene rings is 4. The van der Waals surface area contributed by atoms with Crippen LogP contribution in [0.25, 0.3) is 79.4 Å². The van der Waals surface area contributed by atoms with E-state index in [-0.39, 0.29) is 11.5 Å². The Labute approximate surface area is 546 Å². The van der Waals surface area contributed by atoms with Gasteiger partial charge in [-0.05, 0) is 174 Å². The Kier molecular flexibility index (Phi) is 25.4. The Balaban J connectivity index is 0.000000173. The summed E-state index contributed by atoms with van der Waals surface area (Å²) in [5.41, 5.74) is 26.2. The van der Waals surface area contributed by atoms with Crippen molar-refractivity contribution in [2.24, 2.45) is 5.73 Å². The third-order valence-corrected chi connectivity index (χ3v) is 13.8. The number of aryl methyl sites for hydroxylation is 8. The van der Waals surface area contributed by atoms with E-state index in [0.29, 0.717) is 40.3 Å². The molecule has 0 radical (unpaired) electrons. The highest BCUT2D eigenvalue weighted by molar-refractivity contribution is 9.15. The molecule has 2 N–H and O–H groups in total. The second kappa shape index (κ2) is 33.9. The molecule has 18 nitrogen and oxygen atoms in total. The van der Waals surface area contributed by atoms with Gasteiger partial charge < -0.3 is 15.2 Å². The largest absolute Gasteiger partial charge is 0.463 e. The predicted octanol–water partition coefficient (Wildman–Crippen LogP) is 14.4. The van der Waals surface area contributed by atoms with Crippen LogP contribution in [0.1, 0.15) is 92.4 Å². The number of aromatic nitrogens is 12. The molecule has 0 aliphatic carbocycles. The topological polar surface area (TPSA) is 250 Å². The average Bonchev–Trinajstić information content (AvgIpc) is 1.61. The number of hydrogen-bond acceptors (Lipinski definition) is 17. The van der Waals surface area contributed by atoms with Crippen molar-refractivity contribution in [1.82, 2.24) is 59.8 Å². The fourth-order valence-electron chi connectivity index (χ4n) is 9.10. The first kappa shape index (κ1) is 68.2. The molecular weight excluding hydrogens is 1270 g/mol. The van der Waals surface area contributed by atoms with Gasteiger partial charge in [-0.1, -0.05) is 68.8 Å². The maximum absolute atomic E-state index is 11.8. The molecule has 0 saturated carbocycles. The van der Waals surface area contributed by atoms with Crippen LogP contribution in [0.5, 0.6) is 0 Å². The van der Waals surface area contributed by atoms with Gasteiger partial charge in [-0.15, -0.1) is 0 Å². The van der Waals surface area contributed by atoms with E-state index in [9.17, 15) is 14.4 Å². The molecule has 0 unspecified atom stereocenters. The van der Waals surface area contributed by atoms with Crippen LogP contribution in [-0.2, 0) is 23.9 Å². The van der Waals surface area contributed by atoms with Gasteiger partial charge in [0.2, 0.25) is 5.91 Å². The van der Waals surface area contributed by atoms with Crippen LogP contribution in [0.15, 0.2) is 170 Å². The number of halogens is 2.